The van der Waals surface area contributed by atoms with Crippen LogP contribution in [0.3, 0.4) is 0 Å². The molecule has 17 heavy (non-hydrogen) atoms. The maximum Gasteiger partial charge on any atom is 0.494 e. The highest BCUT2D eigenvalue weighted by Crippen LogP contribution is 2.38. The molecular formula is C13H22BNO2. The van der Waals surface area contributed by atoms with Gasteiger partial charge in [-0.15, -0.1) is 0 Å². The fraction of sp³-hybridized carbons (Fsp3) is 0.615. The number of allylic oxidation sites excluding steroid dienone is 4. The number of nitrogens with zero attached hydrogens (tertiary/aromatic N) is 1. The first-order valence-electron chi connectivity index (χ1n) is 5.90. The molecule has 0 unspecified atom stereocenters. The van der Waals surface area contributed by atoms with Gasteiger partial charge in [-0.3, -0.25) is 4.99 Å². The number of rotatable bonds is 3. The van der Waals surface area contributed by atoms with Gasteiger partial charge in [-0.25, -0.2) is 0 Å². The van der Waals surface area contributed by atoms with Gasteiger partial charge in [-0.1, -0.05) is 6.08 Å². The molecule has 0 N–H and O–H groups in total. The van der Waals surface area contributed by atoms with Crippen molar-refractivity contribution in [1.29, 1.82) is 0 Å². The molecule has 0 aliphatic carbocycles. The van der Waals surface area contributed by atoms with Crippen LogP contribution >= 0.6 is 0 Å². The highest BCUT2D eigenvalue weighted by atomic mass is 16.7. The molecular weight excluding hydrogens is 213 g/mol. The monoisotopic (exact) mass is 235 g/mol. The molecule has 0 amide bonds. The van der Waals surface area contributed by atoms with E-state index >= 15 is 0 Å². The molecule has 3 nitrogen and oxygen atoms in total. The number of hydrogen-bond acceptors (Lipinski definition) is 3. The largest absolute Gasteiger partial charge is 0.494 e. The first kappa shape index (κ1) is 14.2. The van der Waals surface area contributed by atoms with Crippen molar-refractivity contribution in [1.82, 2.24) is 0 Å². The molecule has 0 spiro atoms. The van der Waals surface area contributed by atoms with E-state index in [4.69, 9.17) is 9.31 Å². The lowest BCUT2D eigenvalue weighted by atomic mass is 9.77. The fourth-order valence-electron chi connectivity index (χ4n) is 1.55. The molecule has 1 heterocycles. The Kier molecular flexibility index (Phi) is 4.00. The van der Waals surface area contributed by atoms with Crippen LogP contribution in [0.25, 0.3) is 0 Å². The summed E-state index contributed by atoms with van der Waals surface area (Å²) < 4.78 is 11.9. The van der Waals surface area contributed by atoms with Crippen LogP contribution in [0, 0.1) is 0 Å². The highest BCUT2D eigenvalue weighted by molar-refractivity contribution is 6.55. The molecule has 4 heteroatoms. The van der Waals surface area contributed by atoms with E-state index in [-0.39, 0.29) is 18.3 Å². The molecule has 1 fully saturated rings. The highest BCUT2D eigenvalue weighted by Gasteiger charge is 2.51. The van der Waals surface area contributed by atoms with Crippen molar-refractivity contribution < 1.29 is 9.31 Å². The van der Waals surface area contributed by atoms with E-state index in [1.165, 1.54) is 0 Å². The van der Waals surface area contributed by atoms with Crippen molar-refractivity contribution in [3.63, 3.8) is 0 Å². The number of hydrogen-bond donors (Lipinski definition) is 0. The number of aliphatic imine (C=N–C) groups is 1. The third-order valence-corrected chi connectivity index (χ3v) is 3.48. The van der Waals surface area contributed by atoms with Crippen LogP contribution in [0.15, 0.2) is 28.3 Å². The predicted octanol–water partition coefficient (Wildman–Crippen LogP) is 3.17. The standard InChI is InChI=1S/C13H22BNO2/c1-8-11(9-10(2)15-7)14-16-12(3,4)13(5,6)17-14/h8-9H,7H2,1-6H3/b10-9-,11-8+. The summed E-state index contributed by atoms with van der Waals surface area (Å²) in [5.74, 6) is 0. The Balaban J connectivity index is 2.94. The summed E-state index contributed by atoms with van der Waals surface area (Å²) in [5.41, 5.74) is 1.21. The molecule has 1 saturated heterocycles. The summed E-state index contributed by atoms with van der Waals surface area (Å²) in [6.45, 7) is 15.6. The van der Waals surface area contributed by atoms with Gasteiger partial charge in [-0.2, -0.15) is 0 Å². The maximum atomic E-state index is 5.97. The van der Waals surface area contributed by atoms with Gasteiger partial charge >= 0.3 is 7.12 Å². The fourth-order valence-corrected chi connectivity index (χ4v) is 1.55. The molecule has 1 aliphatic rings. The topological polar surface area (TPSA) is 30.8 Å². The summed E-state index contributed by atoms with van der Waals surface area (Å²) >= 11 is 0. The summed E-state index contributed by atoms with van der Waals surface area (Å²) in [7, 11) is -0.332. The SMILES string of the molecule is C=N/C(C)=C\C(=C/C)B1OC(C)(C)C(C)(C)O1. The first-order chi connectivity index (χ1) is 7.73. The second-order valence-corrected chi connectivity index (χ2v) is 5.32. The van der Waals surface area contributed by atoms with Crippen LogP contribution in [-0.2, 0) is 9.31 Å². The molecule has 1 aliphatic heterocycles. The molecule has 94 valence electrons. The zero-order valence-electron chi connectivity index (χ0n) is 11.7. The Bertz CT molecular complexity index is 354. The van der Waals surface area contributed by atoms with E-state index in [1.807, 2.05) is 53.7 Å². The van der Waals surface area contributed by atoms with Gasteiger partial charge in [0.2, 0.25) is 0 Å². The van der Waals surface area contributed by atoms with E-state index in [1.54, 1.807) is 0 Å². The summed E-state index contributed by atoms with van der Waals surface area (Å²) in [6, 6.07) is 0. The lowest BCUT2D eigenvalue weighted by Gasteiger charge is -2.32. The zero-order valence-corrected chi connectivity index (χ0v) is 11.7. The van der Waals surface area contributed by atoms with Gasteiger partial charge in [0.05, 0.1) is 11.2 Å². The molecule has 0 saturated carbocycles. The molecule has 1 rings (SSSR count). The van der Waals surface area contributed by atoms with Gasteiger partial charge in [0.25, 0.3) is 0 Å². The van der Waals surface area contributed by atoms with Gasteiger partial charge in [0.1, 0.15) is 0 Å². The predicted molar refractivity (Wildman–Crippen MR) is 73.1 cm³/mol. The lowest BCUT2D eigenvalue weighted by Crippen LogP contribution is -2.41. The molecule has 0 radical (unpaired) electrons. The van der Waals surface area contributed by atoms with E-state index in [0.29, 0.717) is 0 Å². The quantitative estimate of drug-likeness (QED) is 0.427. The minimum Gasteiger partial charge on any atom is -0.399 e. The molecule has 0 atom stereocenters. The third-order valence-electron chi connectivity index (χ3n) is 3.48. The lowest BCUT2D eigenvalue weighted by molar-refractivity contribution is 0.00578. The summed E-state index contributed by atoms with van der Waals surface area (Å²) in [6.07, 6.45) is 3.92. The van der Waals surface area contributed by atoms with Crippen molar-refractivity contribution in [2.75, 3.05) is 0 Å². The van der Waals surface area contributed by atoms with Crippen molar-refractivity contribution in [3.8, 4) is 0 Å². The van der Waals surface area contributed by atoms with Gasteiger partial charge in [-0.05, 0) is 59.8 Å². The van der Waals surface area contributed by atoms with Crippen molar-refractivity contribution in [2.45, 2.75) is 52.7 Å². The van der Waals surface area contributed by atoms with Crippen molar-refractivity contribution >= 4 is 13.8 Å². The van der Waals surface area contributed by atoms with Crippen molar-refractivity contribution in [2.24, 2.45) is 4.99 Å². The summed E-state index contributed by atoms with van der Waals surface area (Å²) in [4.78, 5) is 3.88. The van der Waals surface area contributed by atoms with E-state index in [2.05, 4.69) is 11.7 Å². The third kappa shape index (κ3) is 2.88. The van der Waals surface area contributed by atoms with E-state index in [0.717, 1.165) is 11.2 Å². The van der Waals surface area contributed by atoms with Gasteiger partial charge in [0, 0.05) is 5.70 Å². The Morgan fingerprint density at radius 1 is 1.18 bits per heavy atom. The van der Waals surface area contributed by atoms with Crippen LogP contribution in [0.1, 0.15) is 41.5 Å². The first-order valence-corrected chi connectivity index (χ1v) is 5.90. The molecule has 0 bridgehead atoms. The normalized spacial score (nSPS) is 24.0. The minimum atomic E-state index is -0.332. The Morgan fingerprint density at radius 2 is 1.65 bits per heavy atom. The van der Waals surface area contributed by atoms with Gasteiger partial charge in [0.15, 0.2) is 0 Å². The van der Waals surface area contributed by atoms with E-state index in [9.17, 15) is 0 Å². The molecule has 0 aromatic heterocycles. The Hall–Kier alpha value is -0.865. The average molecular weight is 235 g/mol. The second kappa shape index (κ2) is 4.79. The zero-order chi connectivity index (χ0) is 13.3. The molecule has 0 aromatic rings. The van der Waals surface area contributed by atoms with Crippen LogP contribution in [0.2, 0.25) is 0 Å². The Morgan fingerprint density at radius 3 is 2.00 bits per heavy atom. The van der Waals surface area contributed by atoms with Crippen LogP contribution in [-0.4, -0.2) is 25.0 Å². The van der Waals surface area contributed by atoms with Gasteiger partial charge < -0.3 is 9.31 Å². The summed E-state index contributed by atoms with van der Waals surface area (Å²) in [5, 5.41) is 0. The smallest absolute Gasteiger partial charge is 0.399 e. The minimum absolute atomic E-state index is 0.310. The average Bonchev–Trinajstić information content (AvgIpc) is 2.44. The second-order valence-electron chi connectivity index (χ2n) is 5.32. The van der Waals surface area contributed by atoms with Crippen molar-refractivity contribution in [3.05, 3.63) is 23.3 Å². The van der Waals surface area contributed by atoms with Crippen LogP contribution in [0.5, 0.6) is 0 Å². The van der Waals surface area contributed by atoms with E-state index < -0.39 is 0 Å². The Labute approximate surface area is 105 Å². The van der Waals surface area contributed by atoms with Crippen LogP contribution in [0.4, 0.5) is 0 Å². The van der Waals surface area contributed by atoms with Crippen LogP contribution < -0.4 is 0 Å². The maximum absolute atomic E-state index is 5.97. The molecule has 0 aromatic carbocycles.